The standard InChI is InChI=1S/C21H18N2O6/c1-3-29-16-10-8-15(9-11-16)23-19(25)17(18(24)22-21(23)27)12-13-4-6-14(7-5-13)20(26)28-2/h4-12H,3H2,1-2H3,(H,22,24,27)/b17-12-. The van der Waals surface area contributed by atoms with E-state index in [1.165, 1.54) is 25.3 Å². The van der Waals surface area contributed by atoms with Gasteiger partial charge < -0.3 is 9.47 Å². The maximum Gasteiger partial charge on any atom is 0.337 e. The van der Waals surface area contributed by atoms with Gasteiger partial charge in [-0.25, -0.2) is 14.5 Å². The first kappa shape index (κ1) is 19.8. The number of methoxy groups -OCH3 is 1. The molecule has 1 N–H and O–H groups in total. The lowest BCUT2D eigenvalue weighted by molar-refractivity contribution is -0.122. The summed E-state index contributed by atoms with van der Waals surface area (Å²) in [5, 5.41) is 2.16. The molecule has 29 heavy (non-hydrogen) atoms. The van der Waals surface area contributed by atoms with Gasteiger partial charge in [-0.3, -0.25) is 14.9 Å². The molecule has 8 heteroatoms. The Morgan fingerprint density at radius 2 is 1.69 bits per heavy atom. The van der Waals surface area contributed by atoms with Crippen LogP contribution in [0.1, 0.15) is 22.8 Å². The highest BCUT2D eigenvalue weighted by molar-refractivity contribution is 6.39. The highest BCUT2D eigenvalue weighted by Crippen LogP contribution is 2.24. The molecule has 2 aromatic rings. The zero-order valence-electron chi connectivity index (χ0n) is 15.8. The normalized spacial score (nSPS) is 15.3. The van der Waals surface area contributed by atoms with E-state index in [1.807, 2.05) is 6.92 Å². The Bertz CT molecular complexity index is 993. The fourth-order valence-electron chi connectivity index (χ4n) is 2.75. The molecule has 0 spiro atoms. The third kappa shape index (κ3) is 4.16. The first-order chi connectivity index (χ1) is 13.9. The Labute approximate surface area is 166 Å². The molecule has 0 radical (unpaired) electrons. The van der Waals surface area contributed by atoms with E-state index in [0.29, 0.717) is 29.2 Å². The van der Waals surface area contributed by atoms with E-state index in [4.69, 9.17) is 4.74 Å². The summed E-state index contributed by atoms with van der Waals surface area (Å²) in [4.78, 5) is 49.7. The number of anilines is 1. The maximum atomic E-state index is 12.9. The summed E-state index contributed by atoms with van der Waals surface area (Å²) in [5.74, 6) is -1.44. The van der Waals surface area contributed by atoms with Gasteiger partial charge in [-0.15, -0.1) is 0 Å². The number of ether oxygens (including phenoxy) is 2. The summed E-state index contributed by atoms with van der Waals surface area (Å²) < 4.78 is 9.98. The molecule has 0 aliphatic carbocycles. The highest BCUT2D eigenvalue weighted by atomic mass is 16.5. The summed E-state index contributed by atoms with van der Waals surface area (Å²) in [6.45, 7) is 2.33. The van der Waals surface area contributed by atoms with Crippen LogP contribution < -0.4 is 15.0 Å². The van der Waals surface area contributed by atoms with Crippen molar-refractivity contribution in [3.63, 3.8) is 0 Å². The monoisotopic (exact) mass is 394 g/mol. The van der Waals surface area contributed by atoms with Crippen molar-refractivity contribution in [3.8, 4) is 5.75 Å². The number of amides is 4. The van der Waals surface area contributed by atoms with E-state index < -0.39 is 23.8 Å². The third-order valence-corrected chi connectivity index (χ3v) is 4.15. The first-order valence-corrected chi connectivity index (χ1v) is 8.77. The van der Waals surface area contributed by atoms with E-state index in [2.05, 4.69) is 10.1 Å². The van der Waals surface area contributed by atoms with Crippen molar-refractivity contribution in [2.45, 2.75) is 6.92 Å². The van der Waals surface area contributed by atoms with E-state index in [0.717, 1.165) is 4.90 Å². The second-order valence-electron chi connectivity index (χ2n) is 6.00. The molecule has 0 unspecified atom stereocenters. The number of nitrogens with one attached hydrogen (secondary N) is 1. The minimum Gasteiger partial charge on any atom is -0.494 e. The number of nitrogens with zero attached hydrogens (tertiary/aromatic N) is 1. The van der Waals surface area contributed by atoms with Gasteiger partial charge in [-0.2, -0.15) is 0 Å². The maximum absolute atomic E-state index is 12.9. The van der Waals surface area contributed by atoms with Crippen molar-refractivity contribution in [2.24, 2.45) is 0 Å². The molecule has 3 rings (SSSR count). The Morgan fingerprint density at radius 1 is 1.03 bits per heavy atom. The average Bonchev–Trinajstić information content (AvgIpc) is 2.72. The van der Waals surface area contributed by atoms with Crippen LogP contribution >= 0.6 is 0 Å². The van der Waals surface area contributed by atoms with Crippen LogP contribution in [0.3, 0.4) is 0 Å². The molecule has 1 aliphatic heterocycles. The molecule has 2 aromatic carbocycles. The van der Waals surface area contributed by atoms with E-state index in [-0.39, 0.29) is 5.57 Å². The second-order valence-corrected chi connectivity index (χ2v) is 6.00. The molecule has 0 atom stereocenters. The SMILES string of the molecule is CCOc1ccc(N2C(=O)NC(=O)/C(=C/c3ccc(C(=O)OC)cc3)C2=O)cc1. The van der Waals surface area contributed by atoms with Gasteiger partial charge >= 0.3 is 12.0 Å². The predicted octanol–water partition coefficient (Wildman–Crippen LogP) is 2.54. The summed E-state index contributed by atoms with van der Waals surface area (Å²) in [7, 11) is 1.27. The van der Waals surface area contributed by atoms with Gasteiger partial charge in [-0.1, -0.05) is 12.1 Å². The van der Waals surface area contributed by atoms with Gasteiger partial charge in [-0.05, 0) is 55.0 Å². The topological polar surface area (TPSA) is 102 Å². The summed E-state index contributed by atoms with van der Waals surface area (Å²) in [6, 6.07) is 11.7. The highest BCUT2D eigenvalue weighted by Gasteiger charge is 2.36. The van der Waals surface area contributed by atoms with Crippen molar-refractivity contribution in [3.05, 3.63) is 65.2 Å². The van der Waals surface area contributed by atoms with Crippen LogP contribution in [0.4, 0.5) is 10.5 Å². The number of benzene rings is 2. The van der Waals surface area contributed by atoms with E-state index in [1.54, 1.807) is 36.4 Å². The molecule has 1 saturated heterocycles. The molecule has 1 heterocycles. The Balaban J connectivity index is 1.90. The van der Waals surface area contributed by atoms with Gasteiger partial charge in [0.15, 0.2) is 0 Å². The molecule has 0 bridgehead atoms. The minimum atomic E-state index is -0.831. The van der Waals surface area contributed by atoms with Crippen molar-refractivity contribution in [1.82, 2.24) is 5.32 Å². The molecule has 1 fully saturated rings. The molecule has 4 amide bonds. The lowest BCUT2D eigenvalue weighted by Gasteiger charge is -2.26. The van der Waals surface area contributed by atoms with Crippen molar-refractivity contribution >= 4 is 35.6 Å². The average molecular weight is 394 g/mol. The number of carbonyl (C=O) groups excluding carboxylic acids is 4. The number of carbonyl (C=O) groups is 4. The van der Waals surface area contributed by atoms with Crippen LogP contribution in [0.5, 0.6) is 5.75 Å². The zero-order valence-corrected chi connectivity index (χ0v) is 15.8. The van der Waals surface area contributed by atoms with Gasteiger partial charge in [0.2, 0.25) is 0 Å². The fraction of sp³-hybridized carbons (Fsp3) is 0.143. The van der Waals surface area contributed by atoms with E-state index >= 15 is 0 Å². The Kier molecular flexibility index (Phi) is 5.73. The van der Waals surface area contributed by atoms with Crippen LogP contribution in [0.25, 0.3) is 6.08 Å². The lowest BCUT2D eigenvalue weighted by Crippen LogP contribution is -2.54. The summed E-state index contributed by atoms with van der Waals surface area (Å²) in [6.07, 6.45) is 1.35. The Hall–Kier alpha value is -3.94. The van der Waals surface area contributed by atoms with Crippen LogP contribution in [-0.2, 0) is 14.3 Å². The van der Waals surface area contributed by atoms with E-state index in [9.17, 15) is 19.2 Å². The molecule has 0 aromatic heterocycles. The van der Waals surface area contributed by atoms with Gasteiger partial charge in [0.25, 0.3) is 11.8 Å². The molecule has 0 saturated carbocycles. The number of hydrogen-bond donors (Lipinski definition) is 1. The van der Waals surface area contributed by atoms with Crippen molar-refractivity contribution < 1.29 is 28.7 Å². The second kappa shape index (κ2) is 8.39. The summed E-state index contributed by atoms with van der Waals surface area (Å²) >= 11 is 0. The Morgan fingerprint density at radius 3 is 2.28 bits per heavy atom. The van der Waals surface area contributed by atoms with Crippen molar-refractivity contribution in [2.75, 3.05) is 18.6 Å². The van der Waals surface area contributed by atoms with Crippen LogP contribution in [-0.4, -0.2) is 37.5 Å². The zero-order chi connectivity index (χ0) is 21.0. The lowest BCUT2D eigenvalue weighted by atomic mass is 10.1. The molecule has 8 nitrogen and oxygen atoms in total. The van der Waals surface area contributed by atoms with Crippen molar-refractivity contribution in [1.29, 1.82) is 0 Å². The van der Waals surface area contributed by atoms with Crippen LogP contribution in [0, 0.1) is 0 Å². The molecule has 1 aliphatic rings. The minimum absolute atomic E-state index is 0.204. The number of rotatable bonds is 5. The number of hydrogen-bond acceptors (Lipinski definition) is 6. The van der Waals surface area contributed by atoms with Gasteiger partial charge in [0.05, 0.1) is 25.0 Å². The number of urea groups is 1. The van der Waals surface area contributed by atoms with Gasteiger partial charge in [0, 0.05) is 0 Å². The largest absolute Gasteiger partial charge is 0.494 e. The van der Waals surface area contributed by atoms with Gasteiger partial charge in [0.1, 0.15) is 11.3 Å². The van der Waals surface area contributed by atoms with Crippen LogP contribution in [0.15, 0.2) is 54.1 Å². The molecular weight excluding hydrogens is 376 g/mol. The smallest absolute Gasteiger partial charge is 0.337 e. The molecular formula is C21H18N2O6. The van der Waals surface area contributed by atoms with Crippen LogP contribution in [0.2, 0.25) is 0 Å². The predicted molar refractivity (Wildman–Crippen MR) is 104 cm³/mol. The number of esters is 1. The third-order valence-electron chi connectivity index (χ3n) is 4.15. The molecule has 148 valence electrons. The fourth-order valence-corrected chi connectivity index (χ4v) is 2.75. The number of barbiturate groups is 1. The quantitative estimate of drug-likeness (QED) is 0.475. The summed E-state index contributed by atoms with van der Waals surface area (Å²) in [5.41, 5.74) is 0.942. The first-order valence-electron chi connectivity index (χ1n) is 8.77. The number of imide groups is 2.